The maximum Gasteiger partial charge on any atom is 0.240 e. The molecule has 2 aliphatic heterocycles. The van der Waals surface area contributed by atoms with Crippen LogP contribution in [-0.4, -0.2) is 38.6 Å². The molecule has 1 fully saturated rings. The van der Waals surface area contributed by atoms with E-state index in [4.69, 9.17) is 9.26 Å². The molecule has 3 heterocycles. The molecule has 2 aromatic rings. The van der Waals surface area contributed by atoms with Crippen molar-refractivity contribution in [3.8, 4) is 5.75 Å². The van der Waals surface area contributed by atoms with Crippen LogP contribution < -0.4 is 10.1 Å². The smallest absolute Gasteiger partial charge is 0.240 e. The van der Waals surface area contributed by atoms with Gasteiger partial charge in [-0.1, -0.05) is 21.5 Å². The fourth-order valence-electron chi connectivity index (χ4n) is 3.80. The van der Waals surface area contributed by atoms with Crippen LogP contribution in [0.25, 0.3) is 0 Å². The van der Waals surface area contributed by atoms with Gasteiger partial charge >= 0.3 is 0 Å². The van der Waals surface area contributed by atoms with E-state index in [0.717, 1.165) is 0 Å². The Labute approximate surface area is 158 Å². The minimum atomic E-state index is -3.70. The Kier molecular flexibility index (Phi) is 4.32. The largest absolute Gasteiger partial charge is 0.593 e. The Balaban J connectivity index is 1.57. The molecule has 1 unspecified atom stereocenters. The van der Waals surface area contributed by atoms with Crippen LogP contribution >= 0.6 is 0 Å². The summed E-state index contributed by atoms with van der Waals surface area (Å²) >= 11 is 0. The lowest BCUT2D eigenvalue weighted by Crippen LogP contribution is -2.52. The minimum absolute atomic E-state index is 0.123. The number of hydrogen-bond donors (Lipinski definition) is 1. The molecule has 2 aliphatic rings. The van der Waals surface area contributed by atoms with E-state index in [-0.39, 0.29) is 36.1 Å². The second kappa shape index (κ2) is 6.43. The number of carbonyl (C=O) groups is 1. The van der Waals surface area contributed by atoms with E-state index in [9.17, 15) is 13.6 Å². The summed E-state index contributed by atoms with van der Waals surface area (Å²) < 4.78 is 38.7. The molecule has 144 valence electrons. The number of hydrogen-bond acceptors (Lipinski definition) is 6. The first kappa shape index (κ1) is 18.1. The normalized spacial score (nSPS) is 21.7. The molecule has 1 aromatic carbocycles. The predicted octanol–water partition coefficient (Wildman–Crippen LogP) is 2.45. The van der Waals surface area contributed by atoms with E-state index >= 15 is 0 Å². The van der Waals surface area contributed by atoms with E-state index in [1.807, 2.05) is 18.2 Å². The van der Waals surface area contributed by atoms with Gasteiger partial charge in [0.2, 0.25) is 10.8 Å². The third-order valence-electron chi connectivity index (χ3n) is 5.17. The maximum absolute atomic E-state index is 13.0. The molecule has 1 saturated heterocycles. The lowest BCUT2D eigenvalue weighted by molar-refractivity contribution is -0.120. The van der Waals surface area contributed by atoms with Gasteiger partial charge in [0.1, 0.15) is 17.0 Å². The highest BCUT2D eigenvalue weighted by Crippen LogP contribution is 2.40. The number of benzene rings is 1. The van der Waals surface area contributed by atoms with Crippen LogP contribution in [0.1, 0.15) is 30.7 Å². The summed E-state index contributed by atoms with van der Waals surface area (Å²) in [5.74, 6) is 0.777. The number of nitrogens with one attached hydrogen (secondary N) is 1. The van der Waals surface area contributed by atoms with E-state index in [1.165, 1.54) is 4.31 Å². The Morgan fingerprint density at radius 3 is 2.63 bits per heavy atom. The average molecular weight is 391 g/mol. The molecular formula is C18H21N3O5S. The first-order valence-electron chi connectivity index (χ1n) is 8.82. The average Bonchev–Trinajstić information content (AvgIpc) is 2.89. The molecule has 0 bridgehead atoms. The number of nitrogens with zero attached hydrogens (tertiary/aromatic N) is 2. The number of aryl methyl sites for hydroxylation is 2. The van der Waals surface area contributed by atoms with E-state index in [1.54, 1.807) is 19.9 Å². The lowest BCUT2D eigenvalue weighted by Gasteiger charge is -2.40. The van der Waals surface area contributed by atoms with Crippen molar-refractivity contribution in [2.24, 2.45) is 0 Å². The predicted molar refractivity (Wildman–Crippen MR) is 96.9 cm³/mol. The van der Waals surface area contributed by atoms with Crippen molar-refractivity contribution in [3.05, 3.63) is 35.7 Å². The van der Waals surface area contributed by atoms with Crippen molar-refractivity contribution < 1.29 is 22.8 Å². The highest BCUT2D eigenvalue weighted by atomic mass is 32.3. The second-order valence-electron chi connectivity index (χ2n) is 7.06. The summed E-state index contributed by atoms with van der Waals surface area (Å²) in [6.45, 7) is 3.74. The Morgan fingerprint density at radius 1 is 1.26 bits per heavy atom. The van der Waals surface area contributed by atoms with Gasteiger partial charge in [0, 0.05) is 32.9 Å². The van der Waals surface area contributed by atoms with Crippen LogP contribution in [0.3, 0.4) is 0 Å². The van der Waals surface area contributed by atoms with Gasteiger partial charge in [-0.25, -0.2) is 0 Å². The van der Waals surface area contributed by atoms with Crippen LogP contribution in [0, 0.1) is 13.8 Å². The summed E-state index contributed by atoms with van der Waals surface area (Å²) in [5.41, 5.74) is 0.290. The Bertz CT molecular complexity index is 913. The Morgan fingerprint density at radius 2 is 1.96 bits per heavy atom. The number of rotatable bonds is 2. The number of fused-ring (bicyclic) bond motifs is 1. The van der Waals surface area contributed by atoms with Crippen LogP contribution in [0.15, 0.2) is 33.7 Å². The van der Waals surface area contributed by atoms with Gasteiger partial charge in [-0.2, -0.15) is 0 Å². The maximum atomic E-state index is 13.0. The molecule has 1 spiro atoms. The lowest BCUT2D eigenvalue weighted by atomic mass is 9.88. The van der Waals surface area contributed by atoms with Crippen LogP contribution in [0.4, 0.5) is 5.69 Å². The third-order valence-corrected chi connectivity index (χ3v) is 7.31. The third kappa shape index (κ3) is 3.15. The fraction of sp³-hybridized carbons (Fsp3) is 0.444. The zero-order valence-electron chi connectivity index (χ0n) is 15.2. The molecule has 1 aromatic heterocycles. The van der Waals surface area contributed by atoms with Gasteiger partial charge in [0.15, 0.2) is 16.2 Å². The SMILES string of the molecule is Cc1noc(C)c1[S+](=O)([O-])N1CCC2(CC1)CC(=O)Nc1ccccc1O2. The zero-order valence-corrected chi connectivity index (χ0v) is 16.0. The van der Waals surface area contributed by atoms with Crippen molar-refractivity contribution in [2.45, 2.75) is 43.6 Å². The summed E-state index contributed by atoms with van der Waals surface area (Å²) in [6.07, 6.45) is 1.05. The number of amides is 1. The number of ether oxygens (including phenoxy) is 1. The molecule has 8 nitrogen and oxygen atoms in total. The molecular weight excluding hydrogens is 370 g/mol. The van der Waals surface area contributed by atoms with Gasteiger partial charge < -0.3 is 19.1 Å². The monoisotopic (exact) mass is 391 g/mol. The molecule has 9 heteroatoms. The molecule has 1 N–H and O–H groups in total. The number of piperidine rings is 1. The van der Waals surface area contributed by atoms with Crippen molar-refractivity contribution in [1.29, 1.82) is 0 Å². The molecule has 0 radical (unpaired) electrons. The van der Waals surface area contributed by atoms with Gasteiger partial charge in [-0.3, -0.25) is 4.79 Å². The molecule has 27 heavy (non-hydrogen) atoms. The van der Waals surface area contributed by atoms with Gasteiger partial charge in [-0.05, 0) is 19.1 Å². The first-order valence-corrected chi connectivity index (χ1v) is 10.3. The number of para-hydroxylation sites is 2. The number of carbonyl (C=O) groups excluding carboxylic acids is 1. The molecule has 0 saturated carbocycles. The van der Waals surface area contributed by atoms with Crippen LogP contribution in [0.2, 0.25) is 0 Å². The van der Waals surface area contributed by atoms with Gasteiger partial charge in [0.25, 0.3) is 0 Å². The van der Waals surface area contributed by atoms with E-state index < -0.39 is 16.0 Å². The number of anilines is 1. The van der Waals surface area contributed by atoms with Crippen molar-refractivity contribution in [3.63, 3.8) is 0 Å². The van der Waals surface area contributed by atoms with Crippen molar-refractivity contribution >= 4 is 22.0 Å². The second-order valence-corrected chi connectivity index (χ2v) is 8.94. The summed E-state index contributed by atoms with van der Waals surface area (Å²) in [4.78, 5) is 12.5. The van der Waals surface area contributed by atoms with Crippen molar-refractivity contribution in [1.82, 2.24) is 9.46 Å². The molecule has 1 amide bonds. The van der Waals surface area contributed by atoms with Crippen LogP contribution in [-0.2, 0) is 19.4 Å². The summed E-state index contributed by atoms with van der Waals surface area (Å²) in [7, 11) is -3.70. The van der Waals surface area contributed by atoms with E-state index in [0.29, 0.717) is 30.0 Å². The minimum Gasteiger partial charge on any atom is -0.593 e. The molecule has 0 aliphatic carbocycles. The fourth-order valence-corrected chi connectivity index (χ4v) is 5.53. The quantitative estimate of drug-likeness (QED) is 0.788. The first-order chi connectivity index (χ1) is 12.8. The Hall–Kier alpha value is -2.23. The highest BCUT2D eigenvalue weighted by molar-refractivity contribution is 7.95. The zero-order chi connectivity index (χ0) is 19.2. The topological polar surface area (TPSA) is 108 Å². The number of aromatic nitrogens is 1. The van der Waals surface area contributed by atoms with Crippen molar-refractivity contribution in [2.75, 3.05) is 18.4 Å². The molecule has 1 atom stereocenters. The van der Waals surface area contributed by atoms with E-state index in [2.05, 4.69) is 10.5 Å². The highest BCUT2D eigenvalue weighted by Gasteiger charge is 2.46. The molecule has 4 rings (SSSR count). The summed E-state index contributed by atoms with van der Waals surface area (Å²) in [5, 5.41) is 6.61. The van der Waals surface area contributed by atoms with Gasteiger partial charge in [0.05, 0.1) is 12.1 Å². The number of sulfonamides is 1. The summed E-state index contributed by atoms with van der Waals surface area (Å²) in [6, 6.07) is 7.29. The van der Waals surface area contributed by atoms with Gasteiger partial charge in [-0.15, -0.1) is 4.31 Å². The standard InChI is InChI=1S/C18H21N3O5S/c1-12-17(13(2)26-20-12)27(23,24)21-9-7-18(8-10-21)11-16(22)19-14-5-3-4-6-15(14)25-18/h3-6H,7-11H2,1-2H3,(H-,19,22,23,24). The van der Waals surface area contributed by atoms with Crippen LogP contribution in [0.5, 0.6) is 5.75 Å².